The molecule has 1 aromatic heterocycles. The van der Waals surface area contributed by atoms with Gasteiger partial charge in [0.15, 0.2) is 0 Å². The van der Waals surface area contributed by atoms with Crippen LogP contribution in [0.1, 0.15) is 25.8 Å². The molecule has 1 heterocycles. The summed E-state index contributed by atoms with van der Waals surface area (Å²) in [5, 5.41) is 8.82. The fourth-order valence-corrected chi connectivity index (χ4v) is 2.28. The maximum absolute atomic E-state index is 6.00. The van der Waals surface area contributed by atoms with Gasteiger partial charge in [0.05, 0.1) is 11.9 Å². The Morgan fingerprint density at radius 1 is 1.30 bits per heavy atom. The number of hydrogen-bond donors (Lipinski definition) is 0. The van der Waals surface area contributed by atoms with Gasteiger partial charge in [0.2, 0.25) is 6.29 Å². The smallest absolute Gasteiger partial charge is 0.204 e. The zero-order valence-corrected chi connectivity index (χ0v) is 13.6. The van der Waals surface area contributed by atoms with E-state index in [1.807, 2.05) is 19.9 Å². The normalized spacial score (nSPS) is 11.2. The van der Waals surface area contributed by atoms with Crippen LogP contribution in [0.3, 0.4) is 0 Å². The minimum Gasteiger partial charge on any atom is -0.347 e. The fourth-order valence-electron chi connectivity index (χ4n) is 1.69. The van der Waals surface area contributed by atoms with E-state index in [9.17, 15) is 0 Å². The van der Waals surface area contributed by atoms with Gasteiger partial charge in [0.1, 0.15) is 5.69 Å². The van der Waals surface area contributed by atoms with Crippen LogP contribution in [0.4, 0.5) is 0 Å². The highest BCUT2D eigenvalue weighted by Gasteiger charge is 2.17. The molecule has 108 valence electrons. The summed E-state index contributed by atoms with van der Waals surface area (Å²) >= 11 is 9.47. The van der Waals surface area contributed by atoms with Crippen molar-refractivity contribution in [1.82, 2.24) is 15.0 Å². The Bertz CT molecular complexity index is 570. The molecule has 0 saturated carbocycles. The third-order valence-corrected chi connectivity index (χ3v) is 3.45. The average Bonchev–Trinajstić information content (AvgIpc) is 2.91. The van der Waals surface area contributed by atoms with Gasteiger partial charge in [-0.2, -0.15) is 0 Å². The molecule has 7 heteroatoms. The van der Waals surface area contributed by atoms with E-state index < -0.39 is 6.29 Å². The predicted molar refractivity (Wildman–Crippen MR) is 80.1 cm³/mol. The Kier molecular flexibility index (Phi) is 5.54. The summed E-state index contributed by atoms with van der Waals surface area (Å²) in [4.78, 5) is 0. The topological polar surface area (TPSA) is 49.2 Å². The lowest BCUT2D eigenvalue weighted by atomic mass is 10.3. The van der Waals surface area contributed by atoms with Crippen molar-refractivity contribution < 1.29 is 9.47 Å². The molecule has 5 nitrogen and oxygen atoms in total. The van der Waals surface area contributed by atoms with E-state index in [4.69, 9.17) is 21.1 Å². The molecule has 0 fully saturated rings. The number of rotatable bonds is 6. The molecule has 0 spiro atoms. The van der Waals surface area contributed by atoms with Crippen LogP contribution >= 0.6 is 27.5 Å². The predicted octanol–water partition coefficient (Wildman–Crippen LogP) is 3.75. The summed E-state index contributed by atoms with van der Waals surface area (Å²) in [5.74, 6) is 0. The molecule has 2 rings (SSSR count). The molecule has 0 radical (unpaired) electrons. The quantitative estimate of drug-likeness (QED) is 0.736. The number of halogens is 2. The summed E-state index contributed by atoms with van der Waals surface area (Å²) in [7, 11) is 0. The molecule has 0 bridgehead atoms. The first-order valence-electron chi connectivity index (χ1n) is 6.26. The van der Waals surface area contributed by atoms with Crippen molar-refractivity contribution in [1.29, 1.82) is 0 Å². The second-order valence-corrected chi connectivity index (χ2v) is 5.22. The van der Waals surface area contributed by atoms with Gasteiger partial charge in [-0.05, 0) is 48.0 Å². The number of nitrogens with zero attached hydrogens (tertiary/aromatic N) is 3. The van der Waals surface area contributed by atoms with Crippen LogP contribution in [0.5, 0.6) is 0 Å². The zero-order valence-electron chi connectivity index (χ0n) is 11.2. The zero-order chi connectivity index (χ0) is 14.5. The highest BCUT2D eigenvalue weighted by atomic mass is 79.9. The van der Waals surface area contributed by atoms with Crippen LogP contribution in [0.25, 0.3) is 5.69 Å². The largest absolute Gasteiger partial charge is 0.347 e. The molecular weight excluding hydrogens is 346 g/mol. The molecule has 0 aliphatic rings. The van der Waals surface area contributed by atoms with E-state index in [2.05, 4.69) is 26.2 Å². The Hall–Kier alpha value is -0.950. The van der Waals surface area contributed by atoms with E-state index >= 15 is 0 Å². The summed E-state index contributed by atoms with van der Waals surface area (Å²) in [6.07, 6.45) is 1.27. The van der Waals surface area contributed by atoms with Crippen molar-refractivity contribution in [2.24, 2.45) is 0 Å². The van der Waals surface area contributed by atoms with Crippen molar-refractivity contribution in [3.8, 4) is 5.69 Å². The first kappa shape index (κ1) is 15.4. The average molecular weight is 361 g/mol. The standard InChI is InChI=1S/C13H15BrClN3O2/c1-3-19-13(20-4-2)11-8-18(17-16-11)12-7-9(15)5-6-10(12)14/h5-8,13H,3-4H2,1-2H3. The second kappa shape index (κ2) is 7.17. The number of benzene rings is 1. The SMILES string of the molecule is CCOC(OCC)c1cn(-c2cc(Cl)ccc2Br)nn1. The van der Waals surface area contributed by atoms with Gasteiger partial charge in [0.25, 0.3) is 0 Å². The molecule has 1 aromatic carbocycles. The van der Waals surface area contributed by atoms with Gasteiger partial charge < -0.3 is 9.47 Å². The minimum atomic E-state index is -0.503. The highest BCUT2D eigenvalue weighted by Crippen LogP contribution is 2.25. The van der Waals surface area contributed by atoms with Crippen molar-refractivity contribution in [2.45, 2.75) is 20.1 Å². The van der Waals surface area contributed by atoms with E-state index in [1.54, 1.807) is 23.0 Å². The number of hydrogen-bond acceptors (Lipinski definition) is 4. The van der Waals surface area contributed by atoms with Gasteiger partial charge >= 0.3 is 0 Å². The van der Waals surface area contributed by atoms with E-state index in [0.29, 0.717) is 23.9 Å². The van der Waals surface area contributed by atoms with Crippen LogP contribution in [0, 0.1) is 0 Å². The molecule has 0 N–H and O–H groups in total. The Balaban J connectivity index is 2.29. The van der Waals surface area contributed by atoms with Crippen LogP contribution < -0.4 is 0 Å². The van der Waals surface area contributed by atoms with Crippen molar-refractivity contribution in [3.05, 3.63) is 39.6 Å². The van der Waals surface area contributed by atoms with Gasteiger partial charge in [-0.3, -0.25) is 0 Å². The van der Waals surface area contributed by atoms with Crippen LogP contribution in [-0.2, 0) is 9.47 Å². The lowest BCUT2D eigenvalue weighted by molar-refractivity contribution is -0.142. The summed E-state index contributed by atoms with van der Waals surface area (Å²) in [6, 6.07) is 5.47. The number of aromatic nitrogens is 3. The first-order valence-corrected chi connectivity index (χ1v) is 7.43. The summed E-state index contributed by atoms with van der Waals surface area (Å²) in [5.41, 5.74) is 1.43. The van der Waals surface area contributed by atoms with Crippen molar-refractivity contribution >= 4 is 27.5 Å². The lowest BCUT2D eigenvalue weighted by Gasteiger charge is -2.13. The lowest BCUT2D eigenvalue weighted by Crippen LogP contribution is -2.09. The molecular formula is C13H15BrClN3O2. The van der Waals surface area contributed by atoms with E-state index in [1.165, 1.54) is 0 Å². The minimum absolute atomic E-state index is 0.503. The molecule has 0 atom stereocenters. The summed E-state index contributed by atoms with van der Waals surface area (Å²) < 4.78 is 13.5. The maximum atomic E-state index is 6.00. The summed E-state index contributed by atoms with van der Waals surface area (Å²) in [6.45, 7) is 4.89. The highest BCUT2D eigenvalue weighted by molar-refractivity contribution is 9.10. The molecule has 0 amide bonds. The van der Waals surface area contributed by atoms with Crippen molar-refractivity contribution in [3.63, 3.8) is 0 Å². The van der Waals surface area contributed by atoms with E-state index in [-0.39, 0.29) is 0 Å². The molecule has 2 aromatic rings. The van der Waals surface area contributed by atoms with Crippen molar-refractivity contribution in [2.75, 3.05) is 13.2 Å². The maximum Gasteiger partial charge on any atom is 0.204 e. The molecule has 0 aliphatic heterocycles. The van der Waals surface area contributed by atoms with Crippen LogP contribution in [0.15, 0.2) is 28.9 Å². The Labute approximate surface area is 131 Å². The third-order valence-electron chi connectivity index (χ3n) is 2.54. The van der Waals surface area contributed by atoms with Crippen LogP contribution in [-0.4, -0.2) is 28.2 Å². The van der Waals surface area contributed by atoms with Gasteiger partial charge in [-0.15, -0.1) is 5.10 Å². The molecule has 20 heavy (non-hydrogen) atoms. The third kappa shape index (κ3) is 3.58. The van der Waals surface area contributed by atoms with Gasteiger partial charge in [-0.25, -0.2) is 4.68 Å². The number of ether oxygens (including phenoxy) is 2. The Morgan fingerprint density at radius 3 is 2.65 bits per heavy atom. The second-order valence-electron chi connectivity index (χ2n) is 3.93. The molecule has 0 aliphatic carbocycles. The monoisotopic (exact) mass is 359 g/mol. The molecule has 0 saturated heterocycles. The van der Waals surface area contributed by atoms with Crippen LogP contribution in [0.2, 0.25) is 5.02 Å². The first-order chi connectivity index (χ1) is 9.65. The molecule has 0 unspecified atom stereocenters. The van der Waals surface area contributed by atoms with Gasteiger partial charge in [0, 0.05) is 22.7 Å². The Morgan fingerprint density at radius 2 is 2.00 bits per heavy atom. The fraction of sp³-hybridized carbons (Fsp3) is 0.385. The van der Waals surface area contributed by atoms with E-state index in [0.717, 1.165) is 10.2 Å². The van der Waals surface area contributed by atoms with Gasteiger partial charge in [-0.1, -0.05) is 16.8 Å².